The Morgan fingerprint density at radius 3 is 2.65 bits per heavy atom. The Morgan fingerprint density at radius 1 is 1.25 bits per heavy atom. The van der Waals surface area contributed by atoms with Crippen LogP contribution >= 0.6 is 33.9 Å². The van der Waals surface area contributed by atoms with E-state index in [0.717, 1.165) is 8.45 Å². The highest BCUT2D eigenvalue weighted by molar-refractivity contribution is 14.1. The number of anilines is 1. The number of para-hydroxylation sites is 1. The zero-order chi connectivity index (χ0) is 14.5. The minimum atomic E-state index is -0.471. The number of esters is 1. The molecule has 1 N–H and O–H groups in total. The highest BCUT2D eigenvalue weighted by atomic mass is 127. The molecule has 1 aromatic heterocycles. The standard InChI is InChI=1S/C14H12INO3S/c1-9-6-7-12(20-9)14(18)19-8-13(17)16-11-5-3-2-4-10(11)15/h2-7H,8H2,1H3,(H,16,17). The molecule has 0 saturated heterocycles. The first-order valence-corrected chi connectivity index (χ1v) is 7.74. The molecule has 4 nitrogen and oxygen atoms in total. The summed E-state index contributed by atoms with van der Waals surface area (Å²) in [6.45, 7) is 1.62. The topological polar surface area (TPSA) is 55.4 Å². The smallest absolute Gasteiger partial charge is 0.348 e. The summed E-state index contributed by atoms with van der Waals surface area (Å²) < 4.78 is 5.90. The van der Waals surface area contributed by atoms with Crippen LogP contribution < -0.4 is 5.32 Å². The molecule has 0 aliphatic heterocycles. The van der Waals surface area contributed by atoms with E-state index in [9.17, 15) is 9.59 Å². The Hall–Kier alpha value is -1.41. The van der Waals surface area contributed by atoms with E-state index in [4.69, 9.17) is 4.74 Å². The number of amides is 1. The Bertz CT molecular complexity index is 639. The second-order valence-electron chi connectivity index (χ2n) is 4.01. The lowest BCUT2D eigenvalue weighted by molar-refractivity contribution is -0.119. The van der Waals surface area contributed by atoms with Crippen molar-refractivity contribution in [3.8, 4) is 0 Å². The van der Waals surface area contributed by atoms with E-state index in [1.54, 1.807) is 12.1 Å². The van der Waals surface area contributed by atoms with Crippen molar-refractivity contribution in [2.45, 2.75) is 6.92 Å². The molecule has 104 valence electrons. The number of rotatable bonds is 4. The zero-order valence-corrected chi connectivity index (χ0v) is 13.7. The number of ether oxygens (including phenoxy) is 1. The van der Waals surface area contributed by atoms with Crippen molar-refractivity contribution in [1.29, 1.82) is 0 Å². The average molecular weight is 401 g/mol. The van der Waals surface area contributed by atoms with Gasteiger partial charge in [0.1, 0.15) is 4.88 Å². The average Bonchev–Trinajstić information content (AvgIpc) is 2.85. The van der Waals surface area contributed by atoms with Gasteiger partial charge in [0, 0.05) is 8.45 Å². The molecule has 0 spiro atoms. The van der Waals surface area contributed by atoms with Crippen LogP contribution in [-0.4, -0.2) is 18.5 Å². The number of thiophene rings is 1. The van der Waals surface area contributed by atoms with Crippen LogP contribution in [0.15, 0.2) is 36.4 Å². The van der Waals surface area contributed by atoms with Gasteiger partial charge in [0.2, 0.25) is 0 Å². The molecule has 2 aromatic rings. The zero-order valence-electron chi connectivity index (χ0n) is 10.7. The highest BCUT2D eigenvalue weighted by Crippen LogP contribution is 2.17. The van der Waals surface area contributed by atoms with E-state index in [2.05, 4.69) is 27.9 Å². The van der Waals surface area contributed by atoms with Crippen molar-refractivity contribution in [3.63, 3.8) is 0 Å². The maximum absolute atomic E-state index is 11.7. The Balaban J connectivity index is 1.87. The van der Waals surface area contributed by atoms with E-state index < -0.39 is 5.97 Å². The number of hydrogen-bond donors (Lipinski definition) is 1. The monoisotopic (exact) mass is 401 g/mol. The number of aryl methyl sites for hydroxylation is 1. The molecule has 1 aromatic carbocycles. The van der Waals surface area contributed by atoms with Gasteiger partial charge < -0.3 is 10.1 Å². The van der Waals surface area contributed by atoms with Crippen molar-refractivity contribution in [1.82, 2.24) is 0 Å². The summed E-state index contributed by atoms with van der Waals surface area (Å²) in [5, 5.41) is 2.70. The summed E-state index contributed by atoms with van der Waals surface area (Å²) in [5.74, 6) is -0.822. The minimum absolute atomic E-state index is 0.291. The van der Waals surface area contributed by atoms with Gasteiger partial charge in [-0.25, -0.2) is 4.79 Å². The van der Waals surface area contributed by atoms with Crippen molar-refractivity contribution < 1.29 is 14.3 Å². The van der Waals surface area contributed by atoms with Crippen LogP contribution in [0, 0.1) is 10.5 Å². The quantitative estimate of drug-likeness (QED) is 0.631. The largest absolute Gasteiger partial charge is 0.451 e. The molecule has 6 heteroatoms. The normalized spacial score (nSPS) is 10.1. The van der Waals surface area contributed by atoms with Crippen LogP contribution in [0.2, 0.25) is 0 Å². The lowest BCUT2D eigenvalue weighted by Crippen LogP contribution is -2.21. The van der Waals surface area contributed by atoms with Gasteiger partial charge >= 0.3 is 5.97 Å². The van der Waals surface area contributed by atoms with Gasteiger partial charge in [-0.1, -0.05) is 12.1 Å². The van der Waals surface area contributed by atoms with Gasteiger partial charge in [0.05, 0.1) is 5.69 Å². The number of halogens is 1. The van der Waals surface area contributed by atoms with Gasteiger partial charge in [-0.2, -0.15) is 0 Å². The third kappa shape index (κ3) is 4.04. The van der Waals surface area contributed by atoms with Crippen LogP contribution in [0.1, 0.15) is 14.5 Å². The summed E-state index contributed by atoms with van der Waals surface area (Å²) in [6.07, 6.45) is 0. The van der Waals surface area contributed by atoms with Gasteiger partial charge in [-0.15, -0.1) is 11.3 Å². The number of carbonyl (C=O) groups excluding carboxylic acids is 2. The first-order chi connectivity index (χ1) is 9.56. The second-order valence-corrected chi connectivity index (χ2v) is 6.46. The van der Waals surface area contributed by atoms with Crippen molar-refractivity contribution in [2.75, 3.05) is 11.9 Å². The van der Waals surface area contributed by atoms with Crippen molar-refractivity contribution in [3.05, 3.63) is 49.7 Å². The van der Waals surface area contributed by atoms with E-state index in [0.29, 0.717) is 10.6 Å². The Kier molecular flexibility index (Phi) is 5.13. The van der Waals surface area contributed by atoms with Gasteiger partial charge in [0.25, 0.3) is 5.91 Å². The molecule has 0 saturated carbocycles. The summed E-state index contributed by atoms with van der Waals surface area (Å²) in [6, 6.07) is 10.9. The Labute approximate surface area is 134 Å². The van der Waals surface area contributed by atoms with Crippen LogP contribution in [0.4, 0.5) is 5.69 Å². The molecule has 0 aliphatic carbocycles. The minimum Gasteiger partial charge on any atom is -0.451 e. The van der Waals surface area contributed by atoms with E-state index in [1.165, 1.54) is 11.3 Å². The maximum Gasteiger partial charge on any atom is 0.348 e. The predicted molar refractivity (Wildman–Crippen MR) is 87.1 cm³/mol. The number of carbonyl (C=O) groups is 2. The van der Waals surface area contributed by atoms with Gasteiger partial charge in [-0.3, -0.25) is 4.79 Å². The fraction of sp³-hybridized carbons (Fsp3) is 0.143. The fourth-order valence-corrected chi connectivity index (χ4v) is 2.78. The predicted octanol–water partition coefficient (Wildman–Crippen LogP) is 3.46. The van der Waals surface area contributed by atoms with Crippen molar-refractivity contribution in [2.24, 2.45) is 0 Å². The molecule has 0 bridgehead atoms. The highest BCUT2D eigenvalue weighted by Gasteiger charge is 2.12. The molecule has 0 aliphatic rings. The van der Waals surface area contributed by atoms with E-state index in [-0.39, 0.29) is 12.5 Å². The first kappa shape index (κ1) is 15.0. The molecule has 20 heavy (non-hydrogen) atoms. The maximum atomic E-state index is 11.7. The number of hydrogen-bond acceptors (Lipinski definition) is 4. The van der Waals surface area contributed by atoms with Crippen LogP contribution in [0.25, 0.3) is 0 Å². The lowest BCUT2D eigenvalue weighted by Gasteiger charge is -2.07. The molecule has 1 amide bonds. The molecule has 1 heterocycles. The van der Waals surface area contributed by atoms with Gasteiger partial charge in [-0.05, 0) is 53.8 Å². The molecule has 0 unspecified atom stereocenters. The molecule has 2 rings (SSSR count). The summed E-state index contributed by atoms with van der Waals surface area (Å²) in [4.78, 5) is 24.9. The molecular formula is C14H12INO3S. The van der Waals surface area contributed by atoms with Crippen LogP contribution in [0.5, 0.6) is 0 Å². The van der Waals surface area contributed by atoms with E-state index >= 15 is 0 Å². The molecule has 0 radical (unpaired) electrons. The fourth-order valence-electron chi connectivity index (χ4n) is 1.50. The summed E-state index contributed by atoms with van der Waals surface area (Å²) >= 11 is 3.47. The second kappa shape index (κ2) is 6.85. The summed E-state index contributed by atoms with van der Waals surface area (Å²) in [7, 11) is 0. The third-order valence-electron chi connectivity index (χ3n) is 2.42. The number of benzene rings is 1. The molecule has 0 atom stereocenters. The Morgan fingerprint density at radius 2 is 2.00 bits per heavy atom. The van der Waals surface area contributed by atoms with Crippen LogP contribution in [0.3, 0.4) is 0 Å². The van der Waals surface area contributed by atoms with E-state index in [1.807, 2.05) is 31.2 Å². The van der Waals surface area contributed by atoms with Crippen LogP contribution in [-0.2, 0) is 9.53 Å². The van der Waals surface area contributed by atoms with Gasteiger partial charge in [0.15, 0.2) is 6.61 Å². The first-order valence-electron chi connectivity index (χ1n) is 5.84. The summed E-state index contributed by atoms with van der Waals surface area (Å²) in [5.41, 5.74) is 0.709. The molecular weight excluding hydrogens is 389 g/mol. The molecule has 0 fully saturated rings. The lowest BCUT2D eigenvalue weighted by atomic mass is 10.3. The third-order valence-corrected chi connectivity index (χ3v) is 4.35. The van der Waals surface area contributed by atoms with Crippen molar-refractivity contribution >= 4 is 51.5 Å². The number of nitrogens with one attached hydrogen (secondary N) is 1. The SMILES string of the molecule is Cc1ccc(C(=O)OCC(=O)Nc2ccccc2I)s1.